The van der Waals surface area contributed by atoms with Crippen molar-refractivity contribution in [1.29, 1.82) is 0 Å². The Labute approximate surface area is 454 Å². The second kappa shape index (κ2) is 35.6. The molecule has 20 nitrogen and oxygen atoms in total. The summed E-state index contributed by atoms with van der Waals surface area (Å²) >= 11 is 0. The number of esters is 5. The van der Waals surface area contributed by atoms with Crippen LogP contribution >= 0.6 is 0 Å². The topological polar surface area (TPSA) is 240 Å². The highest BCUT2D eigenvalue weighted by Crippen LogP contribution is 2.37. The molecular formula is C56H99N4O16+3. The van der Waals surface area contributed by atoms with Crippen molar-refractivity contribution < 1.29 is 90.0 Å². The number of carbonyl (C=O) groups is 7. The monoisotopic (exact) mass is 1080 g/mol. The van der Waals surface area contributed by atoms with Crippen molar-refractivity contribution in [2.45, 2.75) is 124 Å². The Morgan fingerprint density at radius 2 is 1.05 bits per heavy atom. The van der Waals surface area contributed by atoms with E-state index in [1.165, 1.54) is 0 Å². The molecule has 5 unspecified atom stereocenters. The molecule has 0 aliphatic rings. The Hall–Kier alpha value is -4.73. The Kier molecular flexibility index (Phi) is 32.5. The maximum absolute atomic E-state index is 15.3. The molecule has 5 atom stereocenters. The summed E-state index contributed by atoms with van der Waals surface area (Å²) < 4.78 is 47.6. The molecule has 0 bridgehead atoms. The van der Waals surface area contributed by atoms with E-state index in [0.29, 0.717) is 4.48 Å². The number of carboxylic acid groups (broad SMARTS) is 1. The van der Waals surface area contributed by atoms with Crippen LogP contribution in [0.1, 0.15) is 123 Å². The molecule has 1 rings (SSSR count). The lowest BCUT2D eigenvalue weighted by molar-refractivity contribution is -0.952. The summed E-state index contributed by atoms with van der Waals surface area (Å²) in [5, 5.41) is 10.7. The van der Waals surface area contributed by atoms with Gasteiger partial charge in [0.15, 0.2) is 5.60 Å². The van der Waals surface area contributed by atoms with E-state index in [1.807, 2.05) is 45.3 Å². The first-order chi connectivity index (χ1) is 35.7. The van der Waals surface area contributed by atoms with E-state index >= 15 is 4.79 Å². The van der Waals surface area contributed by atoms with Gasteiger partial charge in [-0.15, -0.1) is 0 Å². The van der Waals surface area contributed by atoms with Crippen molar-refractivity contribution in [2.75, 3.05) is 135 Å². The van der Waals surface area contributed by atoms with Gasteiger partial charge in [0.2, 0.25) is 12.6 Å². The average Bonchev–Trinajstić information content (AvgIpc) is 3.35. The van der Waals surface area contributed by atoms with Gasteiger partial charge in [0, 0.05) is 11.5 Å². The van der Waals surface area contributed by atoms with Crippen molar-refractivity contribution in [3.63, 3.8) is 0 Å². The van der Waals surface area contributed by atoms with Crippen LogP contribution in [0.2, 0.25) is 0 Å². The molecule has 1 aromatic rings. The zero-order valence-electron chi connectivity index (χ0n) is 48.7. The number of quaternary nitrogens is 3. The van der Waals surface area contributed by atoms with E-state index in [0.717, 1.165) is 59.2 Å². The molecule has 0 aliphatic heterocycles. The molecule has 0 spiro atoms. The number of ether oxygens (including phenoxy) is 8. The minimum absolute atomic E-state index is 0.0112. The van der Waals surface area contributed by atoms with Crippen molar-refractivity contribution in [3.05, 3.63) is 35.4 Å². The third-order valence-electron chi connectivity index (χ3n) is 13.6. The zero-order chi connectivity index (χ0) is 57.5. The number of carboxylic acids is 1. The number of rotatable bonds is 43. The van der Waals surface area contributed by atoms with Gasteiger partial charge in [-0.05, 0) is 77.7 Å². The molecule has 0 heterocycles. The van der Waals surface area contributed by atoms with Gasteiger partial charge in [0.05, 0.1) is 152 Å². The highest BCUT2D eigenvalue weighted by Gasteiger charge is 2.41. The Morgan fingerprint density at radius 3 is 1.47 bits per heavy atom. The predicted octanol–water partition coefficient (Wildman–Crippen LogP) is 5.65. The third kappa shape index (κ3) is 28.6. The summed E-state index contributed by atoms with van der Waals surface area (Å²) in [6.07, 6.45) is 0.672. The molecule has 0 aliphatic carbocycles. The summed E-state index contributed by atoms with van der Waals surface area (Å²) in [6, 6.07) is 8.06. The minimum atomic E-state index is -1.81. The Morgan fingerprint density at radius 1 is 0.579 bits per heavy atom. The van der Waals surface area contributed by atoms with Crippen LogP contribution in [0, 0.1) is 23.7 Å². The number of primary amides is 1. The van der Waals surface area contributed by atoms with E-state index in [9.17, 15) is 33.9 Å². The molecule has 1 amide bonds. The highest BCUT2D eigenvalue weighted by atomic mass is 16.6. The van der Waals surface area contributed by atoms with Gasteiger partial charge < -0.3 is 57.7 Å². The van der Waals surface area contributed by atoms with E-state index < -0.39 is 96.7 Å². The van der Waals surface area contributed by atoms with E-state index in [4.69, 9.17) is 43.6 Å². The summed E-state index contributed by atoms with van der Waals surface area (Å²) in [5.74, 6) is -9.26. The molecule has 0 saturated heterocycles. The fourth-order valence-electron chi connectivity index (χ4n) is 8.64. The summed E-state index contributed by atoms with van der Waals surface area (Å²) in [4.78, 5) is 91.9. The molecule has 20 heteroatoms. The lowest BCUT2D eigenvalue weighted by Crippen LogP contribution is -2.50. The first-order valence-electron chi connectivity index (χ1n) is 27.4. The van der Waals surface area contributed by atoms with Crippen LogP contribution in [0.15, 0.2) is 24.3 Å². The quantitative estimate of drug-likeness (QED) is 0.0264. The fourth-order valence-corrected chi connectivity index (χ4v) is 8.64. The van der Waals surface area contributed by atoms with E-state index in [-0.39, 0.29) is 97.7 Å². The first kappa shape index (κ1) is 69.3. The second-order valence-electron chi connectivity index (χ2n) is 22.0. The molecule has 0 fully saturated rings. The van der Waals surface area contributed by atoms with Crippen molar-refractivity contribution in [3.8, 4) is 0 Å². The van der Waals surface area contributed by atoms with Crippen LogP contribution in [0.25, 0.3) is 0 Å². The smallest absolute Gasteiger partial charge is 0.312 e. The standard InChI is InChI=1S/C56H97N4O16/c1-14-27-59(10,11)28-29-60(12,13)37-43-20-22-45(23-21-43)46(33-42(7)54(67)75-41-58(8,9)16-3)35-48(36-47(53(65)66)34-44(15-2)52(57)64)55(68)76-56(38-69-30-24-49(61)72-17-4,39-70-31-25-50(62)73-18-5)40-71-32-26-51(63)74-19-6/h20-23,42,44,46-48H,14-19,24-41H2,1-13H3,(H-2,57,64,65,66)/q+1/p+2. The number of amides is 1. The molecule has 0 saturated carbocycles. The summed E-state index contributed by atoms with van der Waals surface area (Å²) in [5.41, 5.74) is 5.82. The van der Waals surface area contributed by atoms with Crippen LogP contribution in [-0.2, 0) is 78.0 Å². The molecular weight excluding hydrogens is 985 g/mol. The Bertz CT molecular complexity index is 1840. The number of likely N-dealkylation sites (N-methyl/N-ethyl adjacent to an activating group) is 2. The highest BCUT2D eigenvalue weighted by molar-refractivity contribution is 5.79. The van der Waals surface area contributed by atoms with Crippen molar-refractivity contribution in [1.82, 2.24) is 0 Å². The van der Waals surface area contributed by atoms with Gasteiger partial charge in [0.25, 0.3) is 0 Å². The largest absolute Gasteiger partial charge is 0.481 e. The molecule has 76 heavy (non-hydrogen) atoms. The van der Waals surface area contributed by atoms with Gasteiger partial charge in [-0.25, -0.2) is 0 Å². The zero-order valence-corrected chi connectivity index (χ0v) is 48.7. The molecule has 1 aromatic carbocycles. The van der Waals surface area contributed by atoms with E-state index in [2.05, 4.69) is 35.1 Å². The average molecular weight is 1080 g/mol. The first-order valence-corrected chi connectivity index (χ1v) is 27.4. The predicted molar refractivity (Wildman–Crippen MR) is 286 cm³/mol. The molecule has 3 N–H and O–H groups in total. The number of hydrogen-bond donors (Lipinski definition) is 2. The van der Waals surface area contributed by atoms with Crippen LogP contribution in [-0.4, -0.2) is 201 Å². The van der Waals surface area contributed by atoms with Gasteiger partial charge in [0.1, 0.15) is 19.6 Å². The van der Waals surface area contributed by atoms with Crippen LogP contribution in [0.3, 0.4) is 0 Å². The minimum Gasteiger partial charge on any atom is -0.481 e. The second-order valence-corrected chi connectivity index (χ2v) is 22.0. The number of nitrogens with zero attached hydrogens (tertiary/aromatic N) is 3. The maximum Gasteiger partial charge on any atom is 0.312 e. The third-order valence-corrected chi connectivity index (χ3v) is 13.6. The molecule has 0 radical (unpaired) electrons. The summed E-state index contributed by atoms with van der Waals surface area (Å²) in [6.45, 7) is 16.0. The fraction of sp³-hybridized carbons (Fsp3) is 0.768. The van der Waals surface area contributed by atoms with E-state index in [1.54, 1.807) is 34.6 Å². The maximum atomic E-state index is 15.3. The molecule has 0 aromatic heterocycles. The van der Waals surface area contributed by atoms with Gasteiger partial charge in [-0.3, -0.25) is 38.0 Å². The lowest BCUT2D eigenvalue weighted by atomic mass is 9.78. The number of hydrogen-bond acceptors (Lipinski definition) is 15. The number of benzene rings is 1. The Balaban J connectivity index is 4.08. The number of nitrogens with two attached hydrogens (primary N) is 1. The van der Waals surface area contributed by atoms with Crippen LogP contribution < -0.4 is 5.73 Å². The van der Waals surface area contributed by atoms with Crippen LogP contribution in [0.4, 0.5) is 0 Å². The van der Waals surface area contributed by atoms with Gasteiger partial charge in [-0.2, -0.15) is 0 Å². The van der Waals surface area contributed by atoms with Gasteiger partial charge in [-0.1, -0.05) is 45.0 Å². The number of aliphatic carboxylic acids is 1. The van der Waals surface area contributed by atoms with Crippen LogP contribution in [0.5, 0.6) is 0 Å². The lowest BCUT2D eigenvalue weighted by Gasteiger charge is -2.36. The normalized spacial score (nSPS) is 14.2. The van der Waals surface area contributed by atoms with Crippen molar-refractivity contribution in [2.24, 2.45) is 29.4 Å². The molecule has 436 valence electrons. The number of carbonyl (C=O) groups excluding carboxylic acids is 6. The summed E-state index contributed by atoms with van der Waals surface area (Å²) in [7, 11) is 12.8. The SMILES string of the molecule is CCC[N+](C)(C)CC[N+](C)(C)Cc1ccc(C(CC(C)C(=O)OC[N+](C)(C)CC)CC(CC(CC(CC)C(N)=O)C(=O)O)C(=O)OC(COCCC(=O)OCC)(COCCC(=O)OCC)COCCC(=O)OCC)cc1. The van der Waals surface area contributed by atoms with Gasteiger partial charge >= 0.3 is 35.8 Å². The van der Waals surface area contributed by atoms with Crippen molar-refractivity contribution >= 4 is 41.7 Å².